The van der Waals surface area contributed by atoms with Crippen molar-refractivity contribution in [3.05, 3.63) is 35.1 Å². The molecular weight excluding hydrogens is 195 g/mol. The molecule has 1 aromatic rings. The lowest BCUT2D eigenvalue weighted by atomic mass is 9.91. The highest BCUT2D eigenvalue weighted by atomic mass is 19.1. The minimum atomic E-state index is -0.884. The van der Waals surface area contributed by atoms with E-state index in [0.29, 0.717) is 12.0 Å². The maximum Gasteiger partial charge on any atom is 0.310 e. The molecule has 0 heterocycles. The van der Waals surface area contributed by atoms with Gasteiger partial charge in [-0.1, -0.05) is 19.4 Å². The lowest BCUT2D eigenvalue weighted by Crippen LogP contribution is -2.13. The Morgan fingerprint density at radius 1 is 1.53 bits per heavy atom. The SMILES string of the molecule is CCCC(C(=O)O)c1cc(F)ccc1C. The molecular formula is C12H15FO2. The molecule has 0 spiro atoms. The molecule has 1 N–H and O–H groups in total. The molecule has 15 heavy (non-hydrogen) atoms. The quantitative estimate of drug-likeness (QED) is 0.829. The highest BCUT2D eigenvalue weighted by Gasteiger charge is 2.20. The van der Waals surface area contributed by atoms with E-state index in [9.17, 15) is 9.18 Å². The summed E-state index contributed by atoms with van der Waals surface area (Å²) in [6.07, 6.45) is 1.31. The van der Waals surface area contributed by atoms with Crippen LogP contribution in [-0.4, -0.2) is 11.1 Å². The summed E-state index contributed by atoms with van der Waals surface area (Å²) in [5, 5.41) is 9.05. The number of benzene rings is 1. The molecule has 0 aliphatic heterocycles. The summed E-state index contributed by atoms with van der Waals surface area (Å²) in [6, 6.07) is 4.30. The third kappa shape index (κ3) is 2.78. The van der Waals surface area contributed by atoms with Crippen molar-refractivity contribution in [2.24, 2.45) is 0 Å². The standard InChI is InChI=1S/C12H15FO2/c1-3-4-10(12(14)15)11-7-9(13)6-5-8(11)2/h5-7,10H,3-4H2,1-2H3,(H,14,15). The zero-order valence-corrected chi connectivity index (χ0v) is 8.96. The summed E-state index contributed by atoms with van der Waals surface area (Å²) in [6.45, 7) is 3.73. The molecule has 0 saturated heterocycles. The Balaban J connectivity index is 3.09. The molecule has 0 aromatic heterocycles. The van der Waals surface area contributed by atoms with E-state index in [2.05, 4.69) is 0 Å². The number of aliphatic carboxylic acids is 1. The molecule has 2 nitrogen and oxygen atoms in total. The Morgan fingerprint density at radius 2 is 2.20 bits per heavy atom. The number of carbonyl (C=O) groups is 1. The fraction of sp³-hybridized carbons (Fsp3) is 0.417. The van der Waals surface area contributed by atoms with Crippen LogP contribution < -0.4 is 0 Å². The van der Waals surface area contributed by atoms with Crippen LogP contribution in [0.1, 0.15) is 36.8 Å². The highest BCUT2D eigenvalue weighted by Crippen LogP contribution is 2.25. The van der Waals surface area contributed by atoms with Gasteiger partial charge in [0.15, 0.2) is 0 Å². The van der Waals surface area contributed by atoms with Gasteiger partial charge in [0.25, 0.3) is 0 Å². The Morgan fingerprint density at radius 3 is 2.73 bits per heavy atom. The second-order valence-corrected chi connectivity index (χ2v) is 3.68. The minimum Gasteiger partial charge on any atom is -0.481 e. The molecule has 0 amide bonds. The van der Waals surface area contributed by atoms with Gasteiger partial charge in [-0.3, -0.25) is 4.79 Å². The van der Waals surface area contributed by atoms with Crippen LogP contribution in [0, 0.1) is 12.7 Å². The Labute approximate surface area is 88.7 Å². The predicted molar refractivity (Wildman–Crippen MR) is 56.4 cm³/mol. The average molecular weight is 210 g/mol. The van der Waals surface area contributed by atoms with Gasteiger partial charge >= 0.3 is 5.97 Å². The Hall–Kier alpha value is -1.38. The van der Waals surface area contributed by atoms with Gasteiger partial charge in [0.1, 0.15) is 5.82 Å². The molecule has 1 aromatic carbocycles. The Kier molecular flexibility index (Phi) is 3.83. The highest BCUT2D eigenvalue weighted by molar-refractivity contribution is 5.76. The molecule has 1 atom stereocenters. The van der Waals surface area contributed by atoms with Gasteiger partial charge in [0.2, 0.25) is 0 Å². The normalized spacial score (nSPS) is 12.5. The van der Waals surface area contributed by atoms with E-state index in [1.54, 1.807) is 13.0 Å². The fourth-order valence-electron chi connectivity index (χ4n) is 1.69. The molecule has 1 unspecified atom stereocenters. The van der Waals surface area contributed by atoms with Crippen molar-refractivity contribution in [3.8, 4) is 0 Å². The second-order valence-electron chi connectivity index (χ2n) is 3.68. The number of halogens is 1. The van der Waals surface area contributed by atoms with Gasteiger partial charge in [0, 0.05) is 0 Å². The van der Waals surface area contributed by atoms with Gasteiger partial charge in [-0.25, -0.2) is 4.39 Å². The third-order valence-electron chi connectivity index (χ3n) is 2.49. The molecule has 0 aliphatic rings. The lowest BCUT2D eigenvalue weighted by Gasteiger charge is -2.14. The maximum atomic E-state index is 13.0. The molecule has 3 heteroatoms. The number of hydrogen-bond donors (Lipinski definition) is 1. The van der Waals surface area contributed by atoms with E-state index >= 15 is 0 Å². The summed E-state index contributed by atoms with van der Waals surface area (Å²) in [7, 11) is 0. The van der Waals surface area contributed by atoms with E-state index in [1.165, 1.54) is 12.1 Å². The van der Waals surface area contributed by atoms with Gasteiger partial charge in [-0.2, -0.15) is 0 Å². The molecule has 0 aliphatic carbocycles. The van der Waals surface area contributed by atoms with Crippen molar-refractivity contribution in [1.29, 1.82) is 0 Å². The summed E-state index contributed by atoms with van der Waals surface area (Å²) in [4.78, 5) is 11.0. The molecule has 0 fully saturated rings. The van der Waals surface area contributed by atoms with Crippen molar-refractivity contribution >= 4 is 5.97 Å². The summed E-state index contributed by atoms with van der Waals surface area (Å²) in [5.74, 6) is -1.85. The van der Waals surface area contributed by atoms with E-state index in [4.69, 9.17) is 5.11 Å². The van der Waals surface area contributed by atoms with Crippen LogP contribution in [-0.2, 0) is 4.79 Å². The van der Waals surface area contributed by atoms with E-state index in [1.807, 2.05) is 6.92 Å². The van der Waals surface area contributed by atoms with Gasteiger partial charge in [-0.05, 0) is 36.6 Å². The number of carboxylic acids is 1. The first-order valence-electron chi connectivity index (χ1n) is 5.05. The number of hydrogen-bond acceptors (Lipinski definition) is 1. The molecule has 0 saturated carbocycles. The van der Waals surface area contributed by atoms with Crippen molar-refractivity contribution in [1.82, 2.24) is 0 Å². The second kappa shape index (κ2) is 4.91. The minimum absolute atomic E-state index is 0.377. The van der Waals surface area contributed by atoms with E-state index in [-0.39, 0.29) is 5.82 Å². The van der Waals surface area contributed by atoms with Crippen molar-refractivity contribution < 1.29 is 14.3 Å². The van der Waals surface area contributed by atoms with Gasteiger partial charge in [0.05, 0.1) is 5.92 Å². The monoisotopic (exact) mass is 210 g/mol. The summed E-state index contributed by atoms with van der Waals surface area (Å²) >= 11 is 0. The average Bonchev–Trinajstić information content (AvgIpc) is 2.18. The zero-order chi connectivity index (χ0) is 11.4. The largest absolute Gasteiger partial charge is 0.481 e. The first kappa shape index (κ1) is 11.7. The smallest absolute Gasteiger partial charge is 0.310 e. The van der Waals surface area contributed by atoms with Crippen molar-refractivity contribution in [2.75, 3.05) is 0 Å². The summed E-state index contributed by atoms with van der Waals surface area (Å²) < 4.78 is 13.0. The fourth-order valence-corrected chi connectivity index (χ4v) is 1.69. The van der Waals surface area contributed by atoms with Crippen LogP contribution in [0.25, 0.3) is 0 Å². The van der Waals surface area contributed by atoms with Crippen LogP contribution in [0.4, 0.5) is 4.39 Å². The molecule has 82 valence electrons. The van der Waals surface area contributed by atoms with Gasteiger partial charge in [-0.15, -0.1) is 0 Å². The third-order valence-corrected chi connectivity index (χ3v) is 2.49. The lowest BCUT2D eigenvalue weighted by molar-refractivity contribution is -0.139. The van der Waals surface area contributed by atoms with E-state index in [0.717, 1.165) is 12.0 Å². The van der Waals surface area contributed by atoms with Crippen LogP contribution in [0.15, 0.2) is 18.2 Å². The zero-order valence-electron chi connectivity index (χ0n) is 8.96. The number of carboxylic acid groups (broad SMARTS) is 1. The van der Waals surface area contributed by atoms with Gasteiger partial charge < -0.3 is 5.11 Å². The summed E-state index contributed by atoms with van der Waals surface area (Å²) in [5.41, 5.74) is 1.42. The van der Waals surface area contributed by atoms with Crippen molar-refractivity contribution in [3.63, 3.8) is 0 Å². The van der Waals surface area contributed by atoms with Crippen LogP contribution in [0.5, 0.6) is 0 Å². The van der Waals surface area contributed by atoms with Crippen LogP contribution >= 0.6 is 0 Å². The Bertz CT molecular complexity index is 361. The number of aryl methyl sites for hydroxylation is 1. The molecule has 0 bridgehead atoms. The first-order valence-corrected chi connectivity index (χ1v) is 5.05. The molecule has 1 rings (SSSR count). The number of rotatable bonds is 4. The first-order chi connectivity index (χ1) is 7.06. The maximum absolute atomic E-state index is 13.0. The molecule has 0 radical (unpaired) electrons. The van der Waals surface area contributed by atoms with E-state index < -0.39 is 11.9 Å². The van der Waals surface area contributed by atoms with Crippen LogP contribution in [0.3, 0.4) is 0 Å². The van der Waals surface area contributed by atoms with Crippen LogP contribution in [0.2, 0.25) is 0 Å². The van der Waals surface area contributed by atoms with Crippen molar-refractivity contribution in [2.45, 2.75) is 32.6 Å². The topological polar surface area (TPSA) is 37.3 Å². The predicted octanol–water partition coefficient (Wildman–Crippen LogP) is 3.10.